The van der Waals surface area contributed by atoms with Gasteiger partial charge in [-0.15, -0.1) is 0 Å². The maximum absolute atomic E-state index is 9.13. The molecule has 0 saturated carbocycles. The smallest absolute Gasteiger partial charge is 0.0732 e. The molecule has 0 atom stereocenters. The summed E-state index contributed by atoms with van der Waals surface area (Å²) in [6.45, 7) is 6.12. The van der Waals surface area contributed by atoms with Crippen LogP contribution in [-0.4, -0.2) is 21.5 Å². The van der Waals surface area contributed by atoms with Crippen molar-refractivity contribution in [2.45, 2.75) is 26.2 Å². The van der Waals surface area contributed by atoms with E-state index in [1.165, 1.54) is 0 Å². The third-order valence-corrected chi connectivity index (χ3v) is 2.05. The number of aliphatic hydroxyl groups is 1. The fourth-order valence-electron chi connectivity index (χ4n) is 1.35. The van der Waals surface area contributed by atoms with Crippen LogP contribution in [0.3, 0.4) is 0 Å². The van der Waals surface area contributed by atoms with Crippen molar-refractivity contribution >= 4 is 0 Å². The molecule has 0 spiro atoms. The van der Waals surface area contributed by atoms with Gasteiger partial charge in [-0.25, -0.2) is 0 Å². The summed E-state index contributed by atoms with van der Waals surface area (Å²) >= 11 is 0. The van der Waals surface area contributed by atoms with Gasteiger partial charge in [0.1, 0.15) is 0 Å². The van der Waals surface area contributed by atoms with Gasteiger partial charge in [0.15, 0.2) is 0 Å². The van der Waals surface area contributed by atoms with Gasteiger partial charge < -0.3 is 5.11 Å². The van der Waals surface area contributed by atoms with E-state index in [1.807, 2.05) is 34.0 Å². The Kier molecular flexibility index (Phi) is 2.24. The van der Waals surface area contributed by atoms with Gasteiger partial charge in [-0.3, -0.25) is 4.68 Å². The lowest BCUT2D eigenvalue weighted by atomic mass is 9.88. The third-order valence-electron chi connectivity index (χ3n) is 2.05. The summed E-state index contributed by atoms with van der Waals surface area (Å²) in [7, 11) is 1.89. The Morgan fingerprint density at radius 1 is 1.58 bits per heavy atom. The van der Waals surface area contributed by atoms with Gasteiger partial charge in [-0.2, -0.15) is 5.10 Å². The number of aliphatic hydroxyl groups excluding tert-OH is 1. The summed E-state index contributed by atoms with van der Waals surface area (Å²) in [5, 5.41) is 13.4. The minimum absolute atomic E-state index is 0.130. The minimum Gasteiger partial charge on any atom is -0.395 e. The van der Waals surface area contributed by atoms with E-state index >= 15 is 0 Å². The molecule has 0 amide bonds. The molecule has 3 nitrogen and oxygen atoms in total. The van der Waals surface area contributed by atoms with Crippen molar-refractivity contribution in [3.63, 3.8) is 0 Å². The van der Waals surface area contributed by atoms with Gasteiger partial charge in [0, 0.05) is 18.7 Å². The number of aryl methyl sites for hydroxylation is 2. The first kappa shape index (κ1) is 9.26. The fraction of sp³-hybridized carbons (Fsp3) is 0.667. The first-order valence-electron chi connectivity index (χ1n) is 4.09. The van der Waals surface area contributed by atoms with Crippen LogP contribution in [-0.2, 0) is 12.5 Å². The van der Waals surface area contributed by atoms with E-state index < -0.39 is 0 Å². The van der Waals surface area contributed by atoms with Crippen LogP contribution >= 0.6 is 0 Å². The van der Waals surface area contributed by atoms with E-state index in [4.69, 9.17) is 5.11 Å². The number of rotatable bonds is 2. The van der Waals surface area contributed by atoms with Crippen molar-refractivity contribution in [2.24, 2.45) is 7.05 Å². The molecule has 68 valence electrons. The summed E-state index contributed by atoms with van der Waals surface area (Å²) < 4.78 is 1.78. The van der Waals surface area contributed by atoms with Gasteiger partial charge in [0.2, 0.25) is 0 Å². The van der Waals surface area contributed by atoms with Crippen LogP contribution in [0.15, 0.2) is 6.20 Å². The monoisotopic (exact) mass is 168 g/mol. The molecule has 0 aliphatic rings. The highest BCUT2D eigenvalue weighted by molar-refractivity contribution is 5.23. The summed E-state index contributed by atoms with van der Waals surface area (Å²) in [6.07, 6.45) is 1.97. The van der Waals surface area contributed by atoms with E-state index in [0.29, 0.717) is 0 Å². The zero-order valence-corrected chi connectivity index (χ0v) is 8.13. The van der Waals surface area contributed by atoms with Gasteiger partial charge >= 0.3 is 0 Å². The highest BCUT2D eigenvalue weighted by atomic mass is 16.3. The Morgan fingerprint density at radius 3 is 2.50 bits per heavy atom. The Balaban J connectivity index is 3.09. The van der Waals surface area contributed by atoms with Crippen LogP contribution < -0.4 is 0 Å². The van der Waals surface area contributed by atoms with Gasteiger partial charge in [0.05, 0.1) is 12.3 Å². The molecule has 0 aromatic carbocycles. The second-order valence-electron chi connectivity index (χ2n) is 3.88. The summed E-state index contributed by atoms with van der Waals surface area (Å²) in [6, 6.07) is 0. The lowest BCUT2D eigenvalue weighted by Gasteiger charge is -2.19. The van der Waals surface area contributed by atoms with Crippen LogP contribution in [0.1, 0.15) is 25.1 Å². The van der Waals surface area contributed by atoms with Crippen LogP contribution in [0, 0.1) is 6.92 Å². The predicted octanol–water partition coefficient (Wildman–Crippen LogP) is 0.998. The number of hydrogen-bond acceptors (Lipinski definition) is 2. The topological polar surface area (TPSA) is 38.0 Å². The molecule has 0 bridgehead atoms. The molecule has 0 aliphatic carbocycles. The molecule has 0 aliphatic heterocycles. The lowest BCUT2D eigenvalue weighted by molar-refractivity contribution is 0.214. The second-order valence-corrected chi connectivity index (χ2v) is 3.88. The van der Waals surface area contributed by atoms with Crippen LogP contribution in [0.25, 0.3) is 0 Å². The first-order valence-corrected chi connectivity index (χ1v) is 4.09. The molecule has 12 heavy (non-hydrogen) atoms. The van der Waals surface area contributed by atoms with Crippen molar-refractivity contribution in [1.29, 1.82) is 0 Å². The lowest BCUT2D eigenvalue weighted by Crippen LogP contribution is -2.23. The highest BCUT2D eigenvalue weighted by Crippen LogP contribution is 2.23. The standard InChI is InChI=1S/C9H16N2O/c1-7-5-11(4)10-8(7)9(2,3)6-12/h5,12H,6H2,1-4H3. The molecule has 1 N–H and O–H groups in total. The zero-order chi connectivity index (χ0) is 9.35. The fourth-order valence-corrected chi connectivity index (χ4v) is 1.35. The van der Waals surface area contributed by atoms with E-state index in [2.05, 4.69) is 5.10 Å². The van der Waals surface area contributed by atoms with Crippen LogP contribution in [0.5, 0.6) is 0 Å². The SMILES string of the molecule is Cc1cn(C)nc1C(C)(C)CO. The zero-order valence-electron chi connectivity index (χ0n) is 8.13. The molecule has 1 aromatic heterocycles. The Morgan fingerprint density at radius 2 is 2.17 bits per heavy atom. The molecular formula is C9H16N2O. The van der Waals surface area contributed by atoms with E-state index in [0.717, 1.165) is 11.3 Å². The van der Waals surface area contributed by atoms with Crippen LogP contribution in [0.4, 0.5) is 0 Å². The molecule has 1 aromatic rings. The predicted molar refractivity (Wildman–Crippen MR) is 48.1 cm³/mol. The quantitative estimate of drug-likeness (QED) is 0.715. The van der Waals surface area contributed by atoms with Crippen LogP contribution in [0.2, 0.25) is 0 Å². The molecule has 0 saturated heterocycles. The van der Waals surface area contributed by atoms with Crippen molar-refractivity contribution in [1.82, 2.24) is 9.78 Å². The van der Waals surface area contributed by atoms with E-state index in [9.17, 15) is 0 Å². The Labute approximate surface area is 73.0 Å². The number of aromatic nitrogens is 2. The van der Waals surface area contributed by atoms with E-state index in [1.54, 1.807) is 4.68 Å². The molecule has 0 unspecified atom stereocenters. The summed E-state index contributed by atoms with van der Waals surface area (Å²) in [5.74, 6) is 0. The van der Waals surface area contributed by atoms with Crippen molar-refractivity contribution in [3.05, 3.63) is 17.5 Å². The molecule has 1 rings (SSSR count). The molecular weight excluding hydrogens is 152 g/mol. The number of nitrogens with zero attached hydrogens (tertiary/aromatic N) is 2. The van der Waals surface area contributed by atoms with E-state index in [-0.39, 0.29) is 12.0 Å². The summed E-state index contributed by atoms with van der Waals surface area (Å²) in [4.78, 5) is 0. The van der Waals surface area contributed by atoms with Gasteiger partial charge in [-0.1, -0.05) is 13.8 Å². The van der Waals surface area contributed by atoms with Crippen molar-refractivity contribution in [2.75, 3.05) is 6.61 Å². The highest BCUT2D eigenvalue weighted by Gasteiger charge is 2.24. The Bertz CT molecular complexity index is 276. The van der Waals surface area contributed by atoms with Crippen molar-refractivity contribution < 1.29 is 5.11 Å². The molecule has 3 heteroatoms. The third kappa shape index (κ3) is 1.50. The minimum atomic E-state index is -0.231. The average Bonchev–Trinajstić information content (AvgIpc) is 2.31. The molecule has 0 fully saturated rings. The van der Waals surface area contributed by atoms with Gasteiger partial charge in [0.25, 0.3) is 0 Å². The van der Waals surface area contributed by atoms with Crippen molar-refractivity contribution in [3.8, 4) is 0 Å². The normalized spacial score (nSPS) is 12.1. The maximum atomic E-state index is 9.13. The molecule has 0 radical (unpaired) electrons. The number of hydrogen-bond donors (Lipinski definition) is 1. The average molecular weight is 168 g/mol. The second kappa shape index (κ2) is 2.90. The maximum Gasteiger partial charge on any atom is 0.0732 e. The summed E-state index contributed by atoms with van der Waals surface area (Å²) in [5.41, 5.74) is 1.88. The molecule has 1 heterocycles. The first-order chi connectivity index (χ1) is 5.47. The largest absolute Gasteiger partial charge is 0.395 e. The van der Waals surface area contributed by atoms with Gasteiger partial charge in [-0.05, 0) is 12.5 Å². The Hall–Kier alpha value is -0.830.